The predicted octanol–water partition coefficient (Wildman–Crippen LogP) is 6.32. The third kappa shape index (κ3) is 4.16. The molecule has 5 aromatic rings. The lowest BCUT2D eigenvalue weighted by Gasteiger charge is -2.35. The second kappa shape index (κ2) is 10.3. The molecular formula is C33H35ClFN7O2S. The van der Waals surface area contributed by atoms with Gasteiger partial charge in [-0.3, -0.25) is 4.90 Å². The Labute approximate surface area is 268 Å². The van der Waals surface area contributed by atoms with Crippen LogP contribution in [0.15, 0.2) is 24.4 Å². The number of fused-ring (bicyclic) bond motifs is 7. The van der Waals surface area contributed by atoms with Gasteiger partial charge in [0.15, 0.2) is 11.6 Å². The van der Waals surface area contributed by atoms with Crippen molar-refractivity contribution in [2.45, 2.75) is 56.1 Å². The summed E-state index contributed by atoms with van der Waals surface area (Å²) in [7, 11) is 1.57. The summed E-state index contributed by atoms with van der Waals surface area (Å²) in [4.78, 5) is 18.7. The Kier molecular flexibility index (Phi) is 6.39. The van der Waals surface area contributed by atoms with Gasteiger partial charge in [-0.15, -0.1) is 11.3 Å². The number of anilines is 2. The predicted molar refractivity (Wildman–Crippen MR) is 179 cm³/mol. The summed E-state index contributed by atoms with van der Waals surface area (Å²) in [5, 5.41) is 6.06. The van der Waals surface area contributed by atoms with Gasteiger partial charge in [-0.1, -0.05) is 23.7 Å². The average molecular weight is 648 g/mol. The van der Waals surface area contributed by atoms with E-state index in [1.165, 1.54) is 0 Å². The van der Waals surface area contributed by atoms with Crippen molar-refractivity contribution >= 4 is 65.6 Å². The summed E-state index contributed by atoms with van der Waals surface area (Å²) in [5.74, 6) is 0.443. The zero-order valence-corrected chi connectivity index (χ0v) is 26.7. The number of ether oxygens (including phenoxy) is 2. The molecule has 7 heterocycles. The molecule has 2 atom stereocenters. The van der Waals surface area contributed by atoms with Gasteiger partial charge in [0, 0.05) is 52.4 Å². The third-order valence-electron chi connectivity index (χ3n) is 10.6. The number of aromatic nitrogens is 3. The Morgan fingerprint density at radius 2 is 1.89 bits per heavy atom. The number of H-pyrrole nitrogens is 1. The first-order valence-electron chi connectivity index (χ1n) is 15.9. The molecule has 4 N–H and O–H groups in total. The third-order valence-corrected chi connectivity index (χ3v) is 12.0. The van der Waals surface area contributed by atoms with E-state index in [0.29, 0.717) is 46.9 Å². The van der Waals surface area contributed by atoms with E-state index in [9.17, 15) is 0 Å². The van der Waals surface area contributed by atoms with Gasteiger partial charge < -0.3 is 30.4 Å². The molecule has 0 aliphatic carbocycles. The number of benzene rings is 2. The van der Waals surface area contributed by atoms with Crippen LogP contribution in [-0.2, 0) is 0 Å². The SMILES string of the molecule is COc1c(Cl)c(-c2cccc3sc4[nH]cc(N)c4c23)c(F)c2nc(OCC34CCCN3CCC4)nc(N3CC4CCC(C3)N4)c12. The van der Waals surface area contributed by atoms with Crippen molar-refractivity contribution in [1.82, 2.24) is 25.2 Å². The number of hydrogen-bond acceptors (Lipinski definition) is 9. The van der Waals surface area contributed by atoms with E-state index >= 15 is 4.39 Å². The number of aromatic amines is 1. The smallest absolute Gasteiger partial charge is 0.319 e. The fourth-order valence-corrected chi connectivity index (χ4v) is 10.0. The quantitative estimate of drug-likeness (QED) is 0.197. The van der Waals surface area contributed by atoms with Crippen molar-refractivity contribution in [2.75, 3.05) is 50.5 Å². The molecule has 234 valence electrons. The topological polar surface area (TPSA) is 105 Å². The zero-order chi connectivity index (χ0) is 30.4. The molecule has 2 aromatic carbocycles. The zero-order valence-electron chi connectivity index (χ0n) is 25.1. The highest BCUT2D eigenvalue weighted by atomic mass is 35.5. The van der Waals surface area contributed by atoms with Crippen molar-refractivity contribution in [1.29, 1.82) is 0 Å². The van der Waals surface area contributed by atoms with Gasteiger partial charge in [-0.25, -0.2) is 4.39 Å². The molecule has 0 spiro atoms. The number of methoxy groups -OCH3 is 1. The number of nitrogens with one attached hydrogen (secondary N) is 2. The van der Waals surface area contributed by atoms with E-state index in [1.807, 2.05) is 18.2 Å². The van der Waals surface area contributed by atoms with E-state index in [4.69, 9.17) is 36.8 Å². The van der Waals surface area contributed by atoms with Gasteiger partial charge in [0.1, 0.15) is 22.8 Å². The van der Waals surface area contributed by atoms with Crippen LogP contribution in [0.3, 0.4) is 0 Å². The summed E-state index contributed by atoms with van der Waals surface area (Å²) < 4.78 is 30.7. The van der Waals surface area contributed by atoms with Gasteiger partial charge in [0.05, 0.1) is 28.7 Å². The minimum atomic E-state index is -0.523. The molecule has 2 unspecified atom stereocenters. The van der Waals surface area contributed by atoms with Crippen molar-refractivity contribution < 1.29 is 13.9 Å². The van der Waals surface area contributed by atoms with E-state index in [0.717, 1.165) is 85.0 Å². The van der Waals surface area contributed by atoms with Gasteiger partial charge in [-0.05, 0) is 63.2 Å². The van der Waals surface area contributed by atoms with Crippen LogP contribution in [0.2, 0.25) is 5.02 Å². The summed E-state index contributed by atoms with van der Waals surface area (Å²) in [5.41, 5.74) is 8.03. The summed E-state index contributed by atoms with van der Waals surface area (Å²) in [6.07, 6.45) is 8.49. The van der Waals surface area contributed by atoms with E-state index < -0.39 is 5.82 Å². The second-order valence-corrected chi connectivity index (χ2v) is 14.5. The number of nitrogens with zero attached hydrogens (tertiary/aromatic N) is 4. The van der Waals surface area contributed by atoms with Crippen molar-refractivity contribution in [3.8, 4) is 22.9 Å². The Bertz CT molecular complexity index is 1970. The van der Waals surface area contributed by atoms with Crippen molar-refractivity contribution in [3.63, 3.8) is 0 Å². The molecule has 9 rings (SSSR count). The first kappa shape index (κ1) is 27.9. The number of rotatable bonds is 6. The number of halogens is 2. The van der Waals surface area contributed by atoms with Crippen LogP contribution < -0.4 is 25.4 Å². The molecule has 9 nitrogen and oxygen atoms in total. The van der Waals surface area contributed by atoms with E-state index in [2.05, 4.69) is 20.1 Å². The monoisotopic (exact) mass is 647 g/mol. The van der Waals surface area contributed by atoms with E-state index in [-0.39, 0.29) is 27.7 Å². The molecule has 4 saturated heterocycles. The van der Waals surface area contributed by atoms with Crippen LogP contribution in [0.4, 0.5) is 15.9 Å². The lowest BCUT2D eigenvalue weighted by atomic mass is 9.95. The van der Waals surface area contributed by atoms with Crippen molar-refractivity contribution in [3.05, 3.63) is 35.2 Å². The summed E-state index contributed by atoms with van der Waals surface area (Å²) >= 11 is 8.74. The summed E-state index contributed by atoms with van der Waals surface area (Å²) in [6, 6.07) is 6.70. The molecule has 0 radical (unpaired) electrons. The average Bonchev–Trinajstić information content (AvgIpc) is 3.85. The first-order valence-corrected chi connectivity index (χ1v) is 17.1. The number of nitrogen functional groups attached to an aromatic ring is 1. The fraction of sp³-hybridized carbons (Fsp3) is 0.455. The Morgan fingerprint density at radius 1 is 1.11 bits per heavy atom. The van der Waals surface area contributed by atoms with Gasteiger partial charge in [0.25, 0.3) is 0 Å². The maximum Gasteiger partial charge on any atom is 0.319 e. The van der Waals surface area contributed by atoms with Gasteiger partial charge >= 0.3 is 6.01 Å². The van der Waals surface area contributed by atoms with Crippen LogP contribution in [0.1, 0.15) is 38.5 Å². The lowest BCUT2D eigenvalue weighted by Crippen LogP contribution is -2.51. The molecule has 4 aliphatic rings. The lowest BCUT2D eigenvalue weighted by molar-refractivity contribution is 0.108. The minimum absolute atomic E-state index is 0.00444. The summed E-state index contributed by atoms with van der Waals surface area (Å²) in [6.45, 7) is 4.18. The Balaban J connectivity index is 1.26. The molecule has 12 heteroatoms. The largest absolute Gasteiger partial charge is 0.494 e. The minimum Gasteiger partial charge on any atom is -0.494 e. The van der Waals surface area contributed by atoms with Gasteiger partial charge in [-0.2, -0.15) is 9.97 Å². The highest BCUT2D eigenvalue weighted by Gasteiger charge is 2.45. The first-order chi connectivity index (χ1) is 21.9. The normalized spacial score (nSPS) is 22.7. The standard InChI is InChI=1S/C33H35ClFN7O2S/c1-43-29-25-28(27(35)23(26(29)34)19-5-2-6-21-22(19)24-20(36)13-37-31(24)45-21)39-32(44-16-33-9-3-11-42(33)12-4-10-33)40-30(25)41-14-17-7-8-18(15-41)38-17/h2,5-6,13,17-18,37-38H,3-4,7-12,14-16,36H2,1H3. The number of piperazine rings is 1. The van der Waals surface area contributed by atoms with Crippen LogP contribution >= 0.6 is 22.9 Å². The maximum absolute atomic E-state index is 17.3. The molecule has 0 saturated carbocycles. The fourth-order valence-electron chi connectivity index (χ4n) is 8.54. The molecule has 4 aliphatic heterocycles. The van der Waals surface area contributed by atoms with Crippen molar-refractivity contribution in [2.24, 2.45) is 0 Å². The van der Waals surface area contributed by atoms with Gasteiger partial charge in [0.2, 0.25) is 0 Å². The Morgan fingerprint density at radius 3 is 2.64 bits per heavy atom. The highest BCUT2D eigenvalue weighted by molar-refractivity contribution is 7.25. The molecule has 4 fully saturated rings. The number of nitrogens with two attached hydrogens (primary N) is 1. The molecular weight excluding hydrogens is 613 g/mol. The highest BCUT2D eigenvalue weighted by Crippen LogP contribution is 2.50. The maximum atomic E-state index is 17.3. The molecule has 2 bridgehead atoms. The van der Waals surface area contributed by atoms with Crippen LogP contribution in [0.5, 0.6) is 11.8 Å². The van der Waals surface area contributed by atoms with E-state index in [1.54, 1.807) is 24.6 Å². The molecule has 0 amide bonds. The number of thiophene rings is 1. The second-order valence-electron chi connectivity index (χ2n) is 13.1. The van der Waals surface area contributed by atoms with Crippen LogP contribution in [0.25, 0.3) is 42.3 Å². The molecule has 45 heavy (non-hydrogen) atoms. The molecule has 3 aromatic heterocycles. The van der Waals surface area contributed by atoms with Crippen LogP contribution in [-0.4, -0.2) is 77.4 Å². The Hall–Kier alpha value is -3.38. The van der Waals surface area contributed by atoms with Crippen LogP contribution in [0, 0.1) is 5.82 Å². The number of hydrogen-bond donors (Lipinski definition) is 3.